The summed E-state index contributed by atoms with van der Waals surface area (Å²) in [5.41, 5.74) is 1.22. The van der Waals surface area contributed by atoms with Crippen LogP contribution in [0.1, 0.15) is 0 Å². The van der Waals surface area contributed by atoms with Gasteiger partial charge in [-0.15, -0.1) is 5.10 Å². The normalized spacial score (nSPS) is 10.6. The number of rotatable bonds is 6. The van der Waals surface area contributed by atoms with Gasteiger partial charge in [0.25, 0.3) is 11.4 Å². The zero-order valence-electron chi connectivity index (χ0n) is 12.9. The number of nitrogens with zero attached hydrogens (tertiary/aromatic N) is 5. The van der Waals surface area contributed by atoms with Gasteiger partial charge in [0, 0.05) is 24.3 Å². The van der Waals surface area contributed by atoms with E-state index in [-0.39, 0.29) is 18.0 Å². The molecule has 0 fully saturated rings. The summed E-state index contributed by atoms with van der Waals surface area (Å²) in [6.45, 7) is 0.145. The fraction of sp³-hybridized carbons (Fsp3) is 0.143. The molecule has 0 unspecified atom stereocenters. The van der Waals surface area contributed by atoms with Crippen molar-refractivity contribution >= 4 is 28.1 Å². The van der Waals surface area contributed by atoms with Crippen molar-refractivity contribution in [2.45, 2.75) is 6.67 Å². The van der Waals surface area contributed by atoms with Crippen molar-refractivity contribution < 1.29 is 14.6 Å². The van der Waals surface area contributed by atoms with Crippen molar-refractivity contribution in [2.24, 2.45) is 0 Å². The SMILES string of the molecule is COc1ccc([N+](=O)[O-])cc1NCn1nnc2cc([N+](=O)[O-])ccc21. The highest BCUT2D eigenvalue weighted by Gasteiger charge is 2.13. The highest BCUT2D eigenvalue weighted by Crippen LogP contribution is 2.29. The molecule has 0 aliphatic rings. The van der Waals surface area contributed by atoms with Gasteiger partial charge in [-0.1, -0.05) is 5.21 Å². The van der Waals surface area contributed by atoms with Crippen LogP contribution in [0.3, 0.4) is 0 Å². The zero-order valence-corrected chi connectivity index (χ0v) is 12.9. The number of benzene rings is 2. The van der Waals surface area contributed by atoms with Gasteiger partial charge in [-0.2, -0.15) is 0 Å². The zero-order chi connectivity index (χ0) is 18.0. The number of hydrogen-bond donors (Lipinski definition) is 1. The van der Waals surface area contributed by atoms with E-state index in [0.29, 0.717) is 22.5 Å². The van der Waals surface area contributed by atoms with Gasteiger partial charge in [0.05, 0.1) is 28.2 Å². The Morgan fingerprint density at radius 3 is 2.48 bits per heavy atom. The van der Waals surface area contributed by atoms with Gasteiger partial charge in [-0.05, 0) is 12.1 Å². The molecule has 0 amide bonds. The van der Waals surface area contributed by atoms with Gasteiger partial charge in [0.1, 0.15) is 17.9 Å². The van der Waals surface area contributed by atoms with Crippen molar-refractivity contribution in [2.75, 3.05) is 12.4 Å². The first kappa shape index (κ1) is 16.1. The Bertz CT molecular complexity index is 970. The van der Waals surface area contributed by atoms with Crippen molar-refractivity contribution in [3.05, 3.63) is 56.6 Å². The van der Waals surface area contributed by atoms with Gasteiger partial charge in [0.2, 0.25) is 0 Å². The van der Waals surface area contributed by atoms with Crippen LogP contribution in [0, 0.1) is 20.2 Å². The topological polar surface area (TPSA) is 138 Å². The van der Waals surface area contributed by atoms with E-state index in [1.165, 1.54) is 42.1 Å². The van der Waals surface area contributed by atoms with Crippen LogP contribution in [0.4, 0.5) is 17.1 Å². The second kappa shape index (κ2) is 6.39. The first-order chi connectivity index (χ1) is 12.0. The summed E-state index contributed by atoms with van der Waals surface area (Å²) >= 11 is 0. The van der Waals surface area contributed by atoms with E-state index in [2.05, 4.69) is 15.6 Å². The lowest BCUT2D eigenvalue weighted by molar-refractivity contribution is -0.384. The average Bonchev–Trinajstić information content (AvgIpc) is 3.01. The van der Waals surface area contributed by atoms with Crippen LogP contribution in [0.5, 0.6) is 5.75 Å². The molecule has 1 N–H and O–H groups in total. The number of aromatic nitrogens is 3. The summed E-state index contributed by atoms with van der Waals surface area (Å²) in [5, 5.41) is 32.5. The number of nitro groups is 2. The fourth-order valence-electron chi connectivity index (χ4n) is 2.30. The lowest BCUT2D eigenvalue weighted by Crippen LogP contribution is -2.10. The Kier molecular flexibility index (Phi) is 4.12. The van der Waals surface area contributed by atoms with E-state index in [9.17, 15) is 20.2 Å². The molecule has 11 heteroatoms. The molecule has 0 saturated heterocycles. The molecule has 0 spiro atoms. The number of fused-ring (bicyclic) bond motifs is 1. The molecule has 11 nitrogen and oxygen atoms in total. The Balaban J connectivity index is 1.86. The number of anilines is 1. The van der Waals surface area contributed by atoms with Gasteiger partial charge in [0.15, 0.2) is 0 Å². The van der Waals surface area contributed by atoms with E-state index in [0.717, 1.165) is 0 Å². The summed E-state index contributed by atoms with van der Waals surface area (Å²) in [6, 6.07) is 8.41. The van der Waals surface area contributed by atoms with Crippen LogP contribution < -0.4 is 10.1 Å². The Morgan fingerprint density at radius 2 is 1.80 bits per heavy atom. The number of hydrogen-bond acceptors (Lipinski definition) is 8. The Hall–Kier alpha value is -3.76. The minimum absolute atomic E-state index is 0.0761. The second-order valence-corrected chi connectivity index (χ2v) is 5.00. The molecule has 0 radical (unpaired) electrons. The number of nitro benzene ring substituents is 2. The van der Waals surface area contributed by atoms with Gasteiger partial charge in [-0.3, -0.25) is 20.2 Å². The summed E-state index contributed by atoms with van der Waals surface area (Å²) in [4.78, 5) is 20.7. The highest BCUT2D eigenvalue weighted by atomic mass is 16.6. The summed E-state index contributed by atoms with van der Waals surface area (Å²) < 4.78 is 6.66. The van der Waals surface area contributed by atoms with Crippen molar-refractivity contribution in [3.8, 4) is 5.75 Å². The third-order valence-corrected chi connectivity index (χ3v) is 3.52. The number of methoxy groups -OCH3 is 1. The maximum Gasteiger partial charge on any atom is 0.271 e. The van der Waals surface area contributed by atoms with Crippen LogP contribution >= 0.6 is 0 Å². The molecule has 128 valence electrons. The van der Waals surface area contributed by atoms with E-state index in [1.807, 2.05) is 0 Å². The molecule has 2 aromatic carbocycles. The van der Waals surface area contributed by atoms with Crippen LogP contribution in [0.2, 0.25) is 0 Å². The van der Waals surface area contributed by atoms with Crippen LogP contribution in [-0.2, 0) is 6.67 Å². The van der Waals surface area contributed by atoms with Crippen LogP contribution in [0.25, 0.3) is 11.0 Å². The number of non-ortho nitro benzene ring substituents is 2. The Morgan fingerprint density at radius 1 is 1.12 bits per heavy atom. The summed E-state index contributed by atoms with van der Waals surface area (Å²) in [5.74, 6) is 0.436. The third kappa shape index (κ3) is 3.15. The first-order valence-electron chi connectivity index (χ1n) is 7.03. The van der Waals surface area contributed by atoms with Crippen LogP contribution in [0.15, 0.2) is 36.4 Å². The Labute approximate surface area is 140 Å². The molecule has 25 heavy (non-hydrogen) atoms. The van der Waals surface area contributed by atoms with E-state index in [1.54, 1.807) is 6.07 Å². The molecule has 3 aromatic rings. The maximum absolute atomic E-state index is 10.9. The molecular weight excluding hydrogens is 332 g/mol. The molecular formula is C14H12N6O5. The predicted octanol–water partition coefficient (Wildman–Crippen LogP) is 2.33. The minimum Gasteiger partial charge on any atom is -0.495 e. The molecule has 0 atom stereocenters. The fourth-order valence-corrected chi connectivity index (χ4v) is 2.30. The molecule has 0 bridgehead atoms. The molecule has 1 aromatic heterocycles. The van der Waals surface area contributed by atoms with Gasteiger partial charge in [-0.25, -0.2) is 4.68 Å². The van der Waals surface area contributed by atoms with E-state index in [4.69, 9.17) is 4.74 Å². The van der Waals surface area contributed by atoms with Gasteiger partial charge < -0.3 is 10.1 Å². The minimum atomic E-state index is -0.509. The van der Waals surface area contributed by atoms with Crippen molar-refractivity contribution in [1.29, 1.82) is 0 Å². The predicted molar refractivity (Wildman–Crippen MR) is 87.5 cm³/mol. The van der Waals surface area contributed by atoms with E-state index < -0.39 is 9.85 Å². The maximum atomic E-state index is 10.9. The number of nitrogens with one attached hydrogen (secondary N) is 1. The molecule has 0 aliphatic carbocycles. The lowest BCUT2D eigenvalue weighted by atomic mass is 10.2. The average molecular weight is 344 g/mol. The third-order valence-electron chi connectivity index (χ3n) is 3.52. The molecule has 1 heterocycles. The molecule has 3 rings (SSSR count). The molecule has 0 saturated carbocycles. The summed E-state index contributed by atoms with van der Waals surface area (Å²) in [6.07, 6.45) is 0. The van der Waals surface area contributed by atoms with Crippen molar-refractivity contribution in [1.82, 2.24) is 15.0 Å². The van der Waals surface area contributed by atoms with Crippen molar-refractivity contribution in [3.63, 3.8) is 0 Å². The first-order valence-corrected chi connectivity index (χ1v) is 7.03. The molecule has 0 aliphatic heterocycles. The monoisotopic (exact) mass is 344 g/mol. The second-order valence-electron chi connectivity index (χ2n) is 5.00. The number of ether oxygens (including phenoxy) is 1. The van der Waals surface area contributed by atoms with E-state index >= 15 is 0 Å². The summed E-state index contributed by atoms with van der Waals surface area (Å²) in [7, 11) is 1.45. The van der Waals surface area contributed by atoms with Gasteiger partial charge >= 0.3 is 0 Å². The smallest absolute Gasteiger partial charge is 0.271 e. The van der Waals surface area contributed by atoms with Crippen LogP contribution in [-0.4, -0.2) is 32.0 Å². The largest absolute Gasteiger partial charge is 0.495 e. The highest BCUT2D eigenvalue weighted by molar-refractivity contribution is 5.77. The lowest BCUT2D eigenvalue weighted by Gasteiger charge is -2.11. The standard InChI is InChI=1S/C14H12N6O5/c1-25-14-5-3-10(20(23)24)7-12(14)15-8-18-13-4-2-9(19(21)22)6-11(13)16-17-18/h2-7,15H,8H2,1H3. The quantitative estimate of drug-likeness (QED) is 0.531.